The van der Waals surface area contributed by atoms with Crippen LogP contribution in [-0.4, -0.2) is 20.9 Å². The van der Waals surface area contributed by atoms with Crippen LogP contribution in [-0.2, 0) is 11.2 Å². The molecule has 0 spiro atoms. The van der Waals surface area contributed by atoms with Crippen molar-refractivity contribution >= 4 is 5.91 Å². The smallest absolute Gasteiger partial charge is 0.223 e. The number of carbonyl (C=O) groups excluding carboxylic acids is 1. The van der Waals surface area contributed by atoms with Crippen LogP contribution < -0.4 is 5.73 Å². The maximum atomic E-state index is 10.8. The van der Waals surface area contributed by atoms with Gasteiger partial charge in [-0.15, -0.1) is 5.10 Å². The lowest BCUT2D eigenvalue weighted by Crippen LogP contribution is -2.15. The van der Waals surface area contributed by atoms with Gasteiger partial charge in [-0.1, -0.05) is 5.21 Å². The maximum Gasteiger partial charge on any atom is 0.223 e. The second-order valence-corrected chi connectivity index (χ2v) is 4.29. The molecule has 1 unspecified atom stereocenters. The molecule has 1 aliphatic carbocycles. The van der Waals surface area contributed by atoms with E-state index in [0.717, 1.165) is 11.6 Å². The second-order valence-electron chi connectivity index (χ2n) is 4.29. The van der Waals surface area contributed by atoms with Gasteiger partial charge in [-0.25, -0.2) is 4.68 Å². The fourth-order valence-electron chi connectivity index (χ4n) is 1.87. The van der Waals surface area contributed by atoms with E-state index in [4.69, 9.17) is 5.73 Å². The van der Waals surface area contributed by atoms with Crippen LogP contribution in [0.15, 0.2) is 0 Å². The van der Waals surface area contributed by atoms with Crippen molar-refractivity contribution in [2.45, 2.75) is 39.2 Å². The standard InChI is InChI=1S/C10H16N4O/c1-6(8-3-4-8)14-7(2)9(12-13-14)5-10(11)15/h6,8H,3-5H2,1-2H3,(H2,11,15). The molecule has 0 radical (unpaired) electrons. The van der Waals surface area contributed by atoms with Gasteiger partial charge >= 0.3 is 0 Å². The zero-order valence-electron chi connectivity index (χ0n) is 9.10. The Morgan fingerprint density at radius 2 is 2.33 bits per heavy atom. The molecule has 1 atom stereocenters. The van der Waals surface area contributed by atoms with Crippen molar-refractivity contribution in [1.82, 2.24) is 15.0 Å². The predicted octanol–water partition coefficient (Wildman–Crippen LogP) is 0.585. The molecule has 0 aliphatic heterocycles. The highest BCUT2D eigenvalue weighted by Crippen LogP contribution is 2.39. The molecule has 1 heterocycles. The van der Waals surface area contributed by atoms with Crippen molar-refractivity contribution in [3.8, 4) is 0 Å². The van der Waals surface area contributed by atoms with Crippen LogP contribution in [0.25, 0.3) is 0 Å². The fraction of sp³-hybridized carbons (Fsp3) is 0.700. The summed E-state index contributed by atoms with van der Waals surface area (Å²) in [4.78, 5) is 10.8. The molecule has 1 aliphatic rings. The first-order valence-corrected chi connectivity index (χ1v) is 5.28. The van der Waals surface area contributed by atoms with Gasteiger partial charge in [0.2, 0.25) is 5.91 Å². The van der Waals surface area contributed by atoms with E-state index in [-0.39, 0.29) is 12.3 Å². The van der Waals surface area contributed by atoms with E-state index in [2.05, 4.69) is 17.2 Å². The zero-order chi connectivity index (χ0) is 11.0. The number of aromatic nitrogens is 3. The Balaban J connectivity index is 2.18. The van der Waals surface area contributed by atoms with Gasteiger partial charge in [-0.2, -0.15) is 0 Å². The Morgan fingerprint density at radius 1 is 1.67 bits per heavy atom. The zero-order valence-corrected chi connectivity index (χ0v) is 9.10. The van der Waals surface area contributed by atoms with Crippen LogP contribution in [0, 0.1) is 12.8 Å². The van der Waals surface area contributed by atoms with Crippen molar-refractivity contribution in [1.29, 1.82) is 0 Å². The minimum atomic E-state index is -0.357. The van der Waals surface area contributed by atoms with Gasteiger partial charge in [-0.3, -0.25) is 4.79 Å². The van der Waals surface area contributed by atoms with Gasteiger partial charge in [0.15, 0.2) is 0 Å². The van der Waals surface area contributed by atoms with Crippen molar-refractivity contribution in [3.63, 3.8) is 0 Å². The molecule has 82 valence electrons. The lowest BCUT2D eigenvalue weighted by molar-refractivity contribution is -0.117. The minimum Gasteiger partial charge on any atom is -0.369 e. The molecule has 5 nitrogen and oxygen atoms in total. The van der Waals surface area contributed by atoms with Gasteiger partial charge in [0.05, 0.1) is 23.9 Å². The van der Waals surface area contributed by atoms with Crippen molar-refractivity contribution in [2.75, 3.05) is 0 Å². The van der Waals surface area contributed by atoms with E-state index in [1.165, 1.54) is 12.8 Å². The average Bonchev–Trinajstić information content (AvgIpc) is 2.93. The summed E-state index contributed by atoms with van der Waals surface area (Å²) in [6, 6.07) is 0.388. The molecule has 5 heteroatoms. The van der Waals surface area contributed by atoms with Crippen LogP contribution in [0.5, 0.6) is 0 Å². The molecule has 1 amide bonds. The largest absolute Gasteiger partial charge is 0.369 e. The average molecular weight is 208 g/mol. The fourth-order valence-corrected chi connectivity index (χ4v) is 1.87. The molecule has 2 rings (SSSR count). The maximum absolute atomic E-state index is 10.8. The van der Waals surface area contributed by atoms with Gasteiger partial charge in [0.1, 0.15) is 0 Å². The van der Waals surface area contributed by atoms with Crippen LogP contribution in [0.1, 0.15) is 37.2 Å². The monoisotopic (exact) mass is 208 g/mol. The molecule has 1 aromatic rings. The third-order valence-corrected chi connectivity index (χ3v) is 3.05. The summed E-state index contributed by atoms with van der Waals surface area (Å²) in [5.74, 6) is 0.371. The van der Waals surface area contributed by atoms with E-state index >= 15 is 0 Å². The van der Waals surface area contributed by atoms with E-state index in [0.29, 0.717) is 11.7 Å². The number of rotatable bonds is 4. The molecule has 1 saturated carbocycles. The van der Waals surface area contributed by atoms with Crippen LogP contribution in [0.3, 0.4) is 0 Å². The SMILES string of the molecule is Cc1c(CC(N)=O)nnn1C(C)C1CC1. The third kappa shape index (κ3) is 2.00. The Labute approximate surface area is 88.6 Å². The number of carbonyl (C=O) groups is 1. The highest BCUT2D eigenvalue weighted by molar-refractivity contribution is 5.76. The highest BCUT2D eigenvalue weighted by atomic mass is 16.1. The Morgan fingerprint density at radius 3 is 2.87 bits per heavy atom. The Hall–Kier alpha value is -1.39. The number of hydrogen-bond donors (Lipinski definition) is 1. The quantitative estimate of drug-likeness (QED) is 0.786. The van der Waals surface area contributed by atoms with Crippen LogP contribution >= 0.6 is 0 Å². The summed E-state index contributed by atoms with van der Waals surface area (Å²) < 4.78 is 1.91. The Kier molecular flexibility index (Phi) is 2.46. The highest BCUT2D eigenvalue weighted by Gasteiger charge is 2.31. The second kappa shape index (κ2) is 3.64. The first kappa shape index (κ1) is 10.1. The number of primary amides is 1. The first-order valence-electron chi connectivity index (χ1n) is 5.28. The third-order valence-electron chi connectivity index (χ3n) is 3.05. The summed E-state index contributed by atoms with van der Waals surface area (Å²) >= 11 is 0. The molecular weight excluding hydrogens is 192 g/mol. The van der Waals surface area contributed by atoms with Crippen LogP contribution in [0.4, 0.5) is 0 Å². The molecule has 0 bridgehead atoms. The molecule has 15 heavy (non-hydrogen) atoms. The van der Waals surface area contributed by atoms with Crippen molar-refractivity contribution < 1.29 is 4.79 Å². The Bertz CT molecular complexity index is 381. The number of nitrogens with two attached hydrogens (primary N) is 1. The molecule has 1 aromatic heterocycles. The summed E-state index contributed by atoms with van der Waals surface area (Å²) in [7, 11) is 0. The summed E-state index contributed by atoms with van der Waals surface area (Å²) in [6.45, 7) is 4.09. The summed E-state index contributed by atoms with van der Waals surface area (Å²) in [5.41, 5.74) is 6.80. The normalized spacial score (nSPS) is 17.7. The van der Waals surface area contributed by atoms with Gasteiger partial charge in [-0.05, 0) is 32.6 Å². The van der Waals surface area contributed by atoms with Crippen molar-refractivity contribution in [2.24, 2.45) is 11.7 Å². The number of hydrogen-bond acceptors (Lipinski definition) is 3. The summed E-state index contributed by atoms with van der Waals surface area (Å²) in [5, 5.41) is 8.09. The van der Waals surface area contributed by atoms with E-state index < -0.39 is 0 Å². The first-order chi connectivity index (χ1) is 7.09. The van der Waals surface area contributed by atoms with Crippen LogP contribution in [0.2, 0.25) is 0 Å². The lowest BCUT2D eigenvalue weighted by atomic mass is 10.2. The molecular formula is C10H16N4O. The summed E-state index contributed by atoms with van der Waals surface area (Å²) in [6.07, 6.45) is 2.72. The van der Waals surface area contributed by atoms with E-state index in [1.54, 1.807) is 0 Å². The van der Waals surface area contributed by atoms with Gasteiger partial charge < -0.3 is 5.73 Å². The molecule has 0 saturated heterocycles. The topological polar surface area (TPSA) is 73.8 Å². The van der Waals surface area contributed by atoms with Gasteiger partial charge in [0, 0.05) is 0 Å². The van der Waals surface area contributed by atoms with E-state index in [1.807, 2.05) is 11.6 Å². The van der Waals surface area contributed by atoms with Crippen molar-refractivity contribution in [3.05, 3.63) is 11.4 Å². The molecule has 0 aromatic carbocycles. The van der Waals surface area contributed by atoms with E-state index in [9.17, 15) is 4.79 Å². The predicted molar refractivity (Wildman–Crippen MR) is 55.1 cm³/mol. The lowest BCUT2D eigenvalue weighted by Gasteiger charge is -2.11. The number of nitrogens with zero attached hydrogens (tertiary/aromatic N) is 3. The minimum absolute atomic E-state index is 0.184. The molecule has 2 N–H and O–H groups in total. The number of amides is 1. The van der Waals surface area contributed by atoms with Gasteiger partial charge in [0.25, 0.3) is 0 Å². The molecule has 1 fully saturated rings.